The molecule has 0 saturated heterocycles. The van der Waals surface area contributed by atoms with Crippen molar-refractivity contribution in [2.45, 2.75) is 45.7 Å². The zero-order valence-electron chi connectivity index (χ0n) is 11.4. The summed E-state index contributed by atoms with van der Waals surface area (Å²) >= 11 is 0. The first kappa shape index (κ1) is 14.2. The Morgan fingerprint density at radius 2 is 1.88 bits per heavy atom. The van der Waals surface area contributed by atoms with Crippen molar-refractivity contribution in [1.82, 2.24) is 5.32 Å². The molecule has 0 bridgehead atoms. The number of nitrogens with one attached hydrogen (secondary N) is 1. The van der Waals surface area contributed by atoms with Gasteiger partial charge in [0.25, 0.3) is 0 Å². The lowest BCUT2D eigenvalue weighted by molar-refractivity contribution is 0.311. The molecule has 0 aliphatic heterocycles. The summed E-state index contributed by atoms with van der Waals surface area (Å²) in [6.45, 7) is 8.32. The van der Waals surface area contributed by atoms with Gasteiger partial charge in [0.05, 0.1) is 0 Å². The maximum atomic E-state index is 5.89. The molecule has 1 rings (SSSR count). The highest BCUT2D eigenvalue weighted by Crippen LogP contribution is 2.16. The average Bonchev–Trinajstić information content (AvgIpc) is 2.35. The van der Waals surface area contributed by atoms with E-state index in [1.807, 2.05) is 6.07 Å². The van der Waals surface area contributed by atoms with Crippen LogP contribution in [0.15, 0.2) is 30.3 Å². The molecule has 2 heteroatoms. The van der Waals surface area contributed by atoms with Gasteiger partial charge in [-0.2, -0.15) is 0 Å². The summed E-state index contributed by atoms with van der Waals surface area (Å²) in [6, 6.07) is 10.5. The molecule has 2 nitrogen and oxygen atoms in total. The topological polar surface area (TPSA) is 38.0 Å². The van der Waals surface area contributed by atoms with Gasteiger partial charge < -0.3 is 11.1 Å². The van der Waals surface area contributed by atoms with Crippen LogP contribution in [-0.4, -0.2) is 12.1 Å². The first-order valence-electron chi connectivity index (χ1n) is 6.55. The summed E-state index contributed by atoms with van der Waals surface area (Å²) in [7, 11) is 0. The van der Waals surface area contributed by atoms with Crippen LogP contribution in [0, 0.1) is 5.92 Å². The molecule has 0 fully saturated rings. The Bertz CT molecular complexity index is 308. The first-order chi connectivity index (χ1) is 8.06. The average molecular weight is 234 g/mol. The number of hydrogen-bond acceptors (Lipinski definition) is 2. The Balaban J connectivity index is 2.45. The zero-order valence-corrected chi connectivity index (χ0v) is 11.4. The molecular formula is C15H26N2. The number of hydrogen-bond donors (Lipinski definition) is 2. The van der Waals surface area contributed by atoms with Gasteiger partial charge in [0.1, 0.15) is 0 Å². The van der Waals surface area contributed by atoms with Crippen molar-refractivity contribution < 1.29 is 0 Å². The van der Waals surface area contributed by atoms with Gasteiger partial charge >= 0.3 is 0 Å². The van der Waals surface area contributed by atoms with E-state index in [0.29, 0.717) is 6.54 Å². The number of benzene rings is 1. The predicted molar refractivity (Wildman–Crippen MR) is 74.8 cm³/mol. The largest absolute Gasteiger partial charge is 0.329 e. The van der Waals surface area contributed by atoms with E-state index in [1.54, 1.807) is 0 Å². The highest BCUT2D eigenvalue weighted by Gasteiger charge is 2.21. The summed E-state index contributed by atoms with van der Waals surface area (Å²) in [6.07, 6.45) is 2.35. The first-order valence-corrected chi connectivity index (χ1v) is 6.55. The van der Waals surface area contributed by atoms with Crippen molar-refractivity contribution in [3.05, 3.63) is 35.9 Å². The lowest BCUT2D eigenvalue weighted by Crippen LogP contribution is -2.48. The molecule has 0 aromatic heterocycles. The standard InChI is InChI=1S/C15H26N2/c1-13(2)9-10-15(3,12-16)17-11-14-7-5-4-6-8-14/h4-8,13,17H,9-12,16H2,1-3H3. The summed E-state index contributed by atoms with van der Waals surface area (Å²) in [5.41, 5.74) is 7.27. The van der Waals surface area contributed by atoms with E-state index in [4.69, 9.17) is 5.73 Å². The molecule has 0 aliphatic rings. The van der Waals surface area contributed by atoms with Crippen LogP contribution in [0.3, 0.4) is 0 Å². The number of nitrogens with two attached hydrogens (primary N) is 1. The molecule has 1 aromatic rings. The van der Waals surface area contributed by atoms with E-state index in [-0.39, 0.29) is 5.54 Å². The van der Waals surface area contributed by atoms with Crippen molar-refractivity contribution in [1.29, 1.82) is 0 Å². The minimum atomic E-state index is 0.0557. The van der Waals surface area contributed by atoms with Gasteiger partial charge in [0, 0.05) is 18.6 Å². The van der Waals surface area contributed by atoms with Gasteiger partial charge in [0.15, 0.2) is 0 Å². The fourth-order valence-corrected chi connectivity index (χ4v) is 1.78. The van der Waals surface area contributed by atoms with E-state index >= 15 is 0 Å². The lowest BCUT2D eigenvalue weighted by Gasteiger charge is -2.30. The van der Waals surface area contributed by atoms with Crippen LogP contribution in [0.25, 0.3) is 0 Å². The third kappa shape index (κ3) is 5.33. The van der Waals surface area contributed by atoms with Gasteiger partial charge in [-0.1, -0.05) is 44.2 Å². The van der Waals surface area contributed by atoms with Gasteiger partial charge in [-0.25, -0.2) is 0 Å². The minimum absolute atomic E-state index is 0.0557. The molecular weight excluding hydrogens is 208 g/mol. The normalized spacial score (nSPS) is 14.9. The predicted octanol–water partition coefficient (Wildman–Crippen LogP) is 2.93. The molecule has 96 valence electrons. The Hall–Kier alpha value is -0.860. The Kier molecular flexibility index (Phi) is 5.66. The van der Waals surface area contributed by atoms with E-state index in [9.17, 15) is 0 Å². The van der Waals surface area contributed by atoms with Gasteiger partial charge in [0.2, 0.25) is 0 Å². The van der Waals surface area contributed by atoms with E-state index in [0.717, 1.165) is 18.9 Å². The molecule has 1 aromatic carbocycles. The molecule has 0 aliphatic carbocycles. The SMILES string of the molecule is CC(C)CCC(C)(CN)NCc1ccccc1. The van der Waals surface area contributed by atoms with Crippen LogP contribution in [0.1, 0.15) is 39.2 Å². The lowest BCUT2D eigenvalue weighted by atomic mass is 9.91. The smallest absolute Gasteiger partial charge is 0.0278 e. The molecule has 0 amide bonds. The quantitative estimate of drug-likeness (QED) is 0.761. The van der Waals surface area contributed by atoms with Crippen molar-refractivity contribution in [2.24, 2.45) is 11.7 Å². The van der Waals surface area contributed by atoms with Crippen LogP contribution in [0.4, 0.5) is 0 Å². The summed E-state index contributed by atoms with van der Waals surface area (Å²) < 4.78 is 0. The summed E-state index contributed by atoms with van der Waals surface area (Å²) in [5.74, 6) is 0.736. The zero-order chi connectivity index (χ0) is 12.7. The van der Waals surface area contributed by atoms with Crippen LogP contribution < -0.4 is 11.1 Å². The van der Waals surface area contributed by atoms with Crippen LogP contribution >= 0.6 is 0 Å². The molecule has 0 heterocycles. The molecule has 1 atom stereocenters. The second kappa shape index (κ2) is 6.77. The molecule has 0 radical (unpaired) electrons. The maximum Gasteiger partial charge on any atom is 0.0278 e. The van der Waals surface area contributed by atoms with Crippen LogP contribution in [0.2, 0.25) is 0 Å². The Morgan fingerprint density at radius 1 is 1.24 bits per heavy atom. The molecule has 0 spiro atoms. The van der Waals surface area contributed by atoms with E-state index in [1.165, 1.54) is 12.0 Å². The molecule has 1 unspecified atom stereocenters. The third-order valence-corrected chi connectivity index (χ3v) is 3.29. The van der Waals surface area contributed by atoms with Gasteiger partial charge in [-0.05, 0) is 31.2 Å². The highest BCUT2D eigenvalue weighted by atomic mass is 15.0. The van der Waals surface area contributed by atoms with Crippen molar-refractivity contribution >= 4 is 0 Å². The maximum absolute atomic E-state index is 5.89. The van der Waals surface area contributed by atoms with Crippen molar-refractivity contribution in [3.63, 3.8) is 0 Å². The third-order valence-electron chi connectivity index (χ3n) is 3.29. The fourth-order valence-electron chi connectivity index (χ4n) is 1.78. The molecule has 17 heavy (non-hydrogen) atoms. The second-order valence-corrected chi connectivity index (χ2v) is 5.54. The highest BCUT2D eigenvalue weighted by molar-refractivity contribution is 5.14. The fraction of sp³-hybridized carbons (Fsp3) is 0.600. The summed E-state index contributed by atoms with van der Waals surface area (Å²) in [4.78, 5) is 0. The monoisotopic (exact) mass is 234 g/mol. The van der Waals surface area contributed by atoms with Gasteiger partial charge in [-0.3, -0.25) is 0 Å². The van der Waals surface area contributed by atoms with Crippen molar-refractivity contribution in [2.75, 3.05) is 6.54 Å². The Morgan fingerprint density at radius 3 is 2.41 bits per heavy atom. The number of rotatable bonds is 7. The molecule has 3 N–H and O–H groups in total. The summed E-state index contributed by atoms with van der Waals surface area (Å²) in [5, 5.41) is 3.59. The minimum Gasteiger partial charge on any atom is -0.329 e. The van der Waals surface area contributed by atoms with E-state index in [2.05, 4.69) is 50.4 Å². The van der Waals surface area contributed by atoms with E-state index < -0.39 is 0 Å². The molecule has 0 saturated carbocycles. The van der Waals surface area contributed by atoms with Crippen LogP contribution in [-0.2, 0) is 6.54 Å². The van der Waals surface area contributed by atoms with Crippen molar-refractivity contribution in [3.8, 4) is 0 Å². The Labute approximate surface area is 106 Å². The van der Waals surface area contributed by atoms with Crippen LogP contribution in [0.5, 0.6) is 0 Å². The second-order valence-electron chi connectivity index (χ2n) is 5.54. The van der Waals surface area contributed by atoms with Gasteiger partial charge in [-0.15, -0.1) is 0 Å².